The third kappa shape index (κ3) is 4.04. The van der Waals surface area contributed by atoms with Gasteiger partial charge in [0.25, 0.3) is 0 Å². The first kappa shape index (κ1) is 12.7. The van der Waals surface area contributed by atoms with E-state index in [-0.39, 0.29) is 0 Å². The zero-order chi connectivity index (χ0) is 12.3. The Morgan fingerprint density at radius 2 is 1.81 bits per heavy atom. The number of aromatic nitrogens is 3. The van der Waals surface area contributed by atoms with Crippen LogP contribution in [0.1, 0.15) is 11.4 Å². The molecule has 0 aliphatic carbocycles. The van der Waals surface area contributed by atoms with E-state index in [1.165, 1.54) is 6.39 Å². The van der Waals surface area contributed by atoms with Gasteiger partial charge in [0.1, 0.15) is 5.69 Å². The predicted octanol–water partition coefficient (Wildman–Crippen LogP) is -4.33. The highest BCUT2D eigenvalue weighted by Gasteiger charge is 2.12. The van der Waals surface area contributed by atoms with Crippen molar-refractivity contribution in [1.82, 2.24) is 10.1 Å². The van der Waals surface area contributed by atoms with Gasteiger partial charge in [0.05, 0.1) is 0 Å². The molecular weight excluding hydrogens is 242 g/mol. The summed E-state index contributed by atoms with van der Waals surface area (Å²) in [5.74, 6) is 0.544. The second kappa shape index (κ2) is 4.68. The Hall–Kier alpha value is -1.32. The van der Waals surface area contributed by atoms with E-state index in [2.05, 4.69) is 10.1 Å². The molecule has 0 unspecified atom stereocenters. The highest BCUT2D eigenvalue weighted by atomic mass is 35.7. The summed E-state index contributed by atoms with van der Waals surface area (Å²) in [5, 5.41) is 3.95. The first-order valence-corrected chi connectivity index (χ1v) is 5.22. The Labute approximate surface area is 92.1 Å². The van der Waals surface area contributed by atoms with Crippen LogP contribution in [0.3, 0.4) is 0 Å². The van der Waals surface area contributed by atoms with Crippen LogP contribution in [-0.4, -0.2) is 10.1 Å². The molecule has 0 aromatic carbocycles. The van der Waals surface area contributed by atoms with Crippen LogP contribution >= 0.6 is 0 Å². The molecule has 0 aliphatic heterocycles. The summed E-state index contributed by atoms with van der Waals surface area (Å²) in [5.41, 5.74) is 1.97. The average molecular weight is 250 g/mol. The first-order valence-electron chi connectivity index (χ1n) is 3.99. The van der Waals surface area contributed by atoms with Crippen LogP contribution in [0.4, 0.5) is 0 Å². The fourth-order valence-corrected chi connectivity index (χ4v) is 1.08. The topological polar surface area (TPSA) is 135 Å². The molecule has 2 rings (SSSR count). The second-order valence-corrected chi connectivity index (χ2v) is 3.61. The van der Waals surface area contributed by atoms with E-state index < -0.39 is 10.2 Å². The number of rotatable bonds is 0. The van der Waals surface area contributed by atoms with Gasteiger partial charge in [-0.1, -0.05) is 4.52 Å². The Bertz CT molecular complexity index is 474. The molecule has 0 fully saturated rings. The monoisotopic (exact) mass is 249 g/mol. The number of hydrogen-bond acceptors (Lipinski definition) is 7. The minimum Gasteiger partial charge on any atom is -0.371 e. The lowest BCUT2D eigenvalue weighted by atomic mass is 10.4. The van der Waals surface area contributed by atoms with Crippen molar-refractivity contribution in [3.8, 4) is 0 Å². The van der Waals surface area contributed by atoms with E-state index in [1.807, 2.05) is 19.9 Å². The largest absolute Gasteiger partial charge is 0.531 e. The van der Waals surface area contributed by atoms with Crippen LogP contribution in [0.25, 0.3) is 5.84 Å². The van der Waals surface area contributed by atoms with Crippen molar-refractivity contribution in [2.75, 3.05) is 0 Å². The zero-order valence-corrected chi connectivity index (χ0v) is 9.17. The van der Waals surface area contributed by atoms with Crippen LogP contribution in [0.15, 0.2) is 16.9 Å². The molecule has 88 valence electrons. The molecule has 8 nitrogen and oxygen atoms in total. The van der Waals surface area contributed by atoms with E-state index in [9.17, 15) is 0 Å². The van der Waals surface area contributed by atoms with Gasteiger partial charge >= 0.3 is 5.84 Å². The standard InChI is InChI=1S/C7H8N3O.ClHO4/c1-5-3-6(2)10-7(9-5)11-4-8-10;2-1(3,4)5/h3-4H,1-2H3;(H,2,3,4,5)/q+1;/p-1. The van der Waals surface area contributed by atoms with Crippen LogP contribution in [-0.2, 0) is 0 Å². The van der Waals surface area contributed by atoms with Gasteiger partial charge in [-0.15, -0.1) is 10.2 Å². The van der Waals surface area contributed by atoms with Crippen molar-refractivity contribution in [3.63, 3.8) is 0 Å². The highest BCUT2D eigenvalue weighted by molar-refractivity contribution is 5.13. The van der Waals surface area contributed by atoms with Crippen molar-refractivity contribution in [2.45, 2.75) is 13.8 Å². The summed E-state index contributed by atoms with van der Waals surface area (Å²) >= 11 is 0. The molecule has 2 heterocycles. The quantitative estimate of drug-likeness (QED) is 0.431. The summed E-state index contributed by atoms with van der Waals surface area (Å²) in [7, 11) is -4.94. The smallest absolute Gasteiger partial charge is 0.371 e. The van der Waals surface area contributed by atoms with Crippen LogP contribution in [0.5, 0.6) is 0 Å². The molecule has 9 heteroatoms. The zero-order valence-electron chi connectivity index (χ0n) is 8.42. The second-order valence-electron chi connectivity index (χ2n) is 2.85. The van der Waals surface area contributed by atoms with Gasteiger partial charge in [-0.25, -0.2) is 18.6 Å². The van der Waals surface area contributed by atoms with Crippen LogP contribution in [0.2, 0.25) is 0 Å². The molecule has 0 saturated carbocycles. The van der Waals surface area contributed by atoms with E-state index in [1.54, 1.807) is 4.52 Å². The maximum absolute atomic E-state index is 8.49. The molecule has 0 radical (unpaired) electrons. The van der Waals surface area contributed by atoms with E-state index >= 15 is 0 Å². The van der Waals surface area contributed by atoms with Crippen molar-refractivity contribution >= 4 is 5.84 Å². The Kier molecular flexibility index (Phi) is 3.73. The summed E-state index contributed by atoms with van der Waals surface area (Å²) in [6, 6.07) is 1.95. The third-order valence-electron chi connectivity index (χ3n) is 1.53. The first-order chi connectivity index (χ1) is 7.27. The molecule has 2 aromatic rings. The minimum absolute atomic E-state index is 0.544. The van der Waals surface area contributed by atoms with E-state index in [0.717, 1.165) is 11.4 Å². The molecule has 0 spiro atoms. The molecular formula is C7H8ClN3O5. The van der Waals surface area contributed by atoms with Gasteiger partial charge in [0, 0.05) is 19.9 Å². The lowest BCUT2D eigenvalue weighted by Gasteiger charge is -2.17. The predicted molar refractivity (Wildman–Crippen MR) is 36.9 cm³/mol. The summed E-state index contributed by atoms with van der Waals surface area (Å²) in [6.45, 7) is 3.89. The molecule has 0 aliphatic rings. The van der Waals surface area contributed by atoms with Gasteiger partial charge in [-0.05, 0) is 10.1 Å². The fraction of sp³-hybridized carbons (Fsp3) is 0.286. The number of fused-ring (bicyclic) bond motifs is 1. The van der Waals surface area contributed by atoms with Gasteiger partial charge in [-0.2, -0.15) is 0 Å². The van der Waals surface area contributed by atoms with E-state index in [4.69, 9.17) is 23.1 Å². The van der Waals surface area contributed by atoms with Crippen LogP contribution in [0, 0.1) is 24.1 Å². The number of hydrogen-bond donors (Lipinski definition) is 0. The lowest BCUT2D eigenvalue weighted by Crippen LogP contribution is -2.68. The molecule has 0 N–H and O–H groups in total. The van der Waals surface area contributed by atoms with E-state index in [0.29, 0.717) is 5.84 Å². The van der Waals surface area contributed by atoms with Crippen LogP contribution < -0.4 is 23.2 Å². The maximum Gasteiger partial charge on any atom is 0.531 e. The average Bonchev–Trinajstić information content (AvgIpc) is 2.47. The maximum atomic E-state index is 8.49. The Balaban J connectivity index is 0.000000221. The van der Waals surface area contributed by atoms with Crippen molar-refractivity contribution in [3.05, 3.63) is 23.8 Å². The Morgan fingerprint density at radius 3 is 2.38 bits per heavy atom. The van der Waals surface area contributed by atoms with Gasteiger partial charge in [0.2, 0.25) is 6.39 Å². The van der Waals surface area contributed by atoms with Crippen molar-refractivity contribution in [2.24, 2.45) is 0 Å². The normalized spacial score (nSPS) is 11.1. The van der Waals surface area contributed by atoms with Crippen molar-refractivity contribution < 1.29 is 37.8 Å². The molecule has 0 bridgehead atoms. The van der Waals surface area contributed by atoms with Crippen molar-refractivity contribution in [1.29, 1.82) is 0 Å². The summed E-state index contributed by atoms with van der Waals surface area (Å²) in [4.78, 5) is 4.13. The molecule has 0 saturated heterocycles. The SMILES string of the molecule is Cc1cc(C)[n+]2ncoc2n1.[O-][Cl+3]([O-])([O-])[O-]. The lowest BCUT2D eigenvalue weighted by molar-refractivity contribution is -2.00. The van der Waals surface area contributed by atoms with Gasteiger partial charge in [-0.3, -0.25) is 0 Å². The highest BCUT2D eigenvalue weighted by Crippen LogP contribution is 1.97. The third-order valence-corrected chi connectivity index (χ3v) is 1.53. The number of aryl methyl sites for hydroxylation is 2. The van der Waals surface area contributed by atoms with Gasteiger partial charge in [0.15, 0.2) is 5.69 Å². The minimum atomic E-state index is -4.94. The molecule has 0 amide bonds. The summed E-state index contributed by atoms with van der Waals surface area (Å²) < 4.78 is 40.7. The molecule has 16 heavy (non-hydrogen) atoms. The fourth-order valence-electron chi connectivity index (χ4n) is 1.08. The molecule has 0 atom stereocenters. The van der Waals surface area contributed by atoms with Gasteiger partial charge < -0.3 is 4.42 Å². The molecule has 2 aromatic heterocycles. The Morgan fingerprint density at radius 1 is 1.25 bits per heavy atom. The summed E-state index contributed by atoms with van der Waals surface area (Å²) in [6.07, 6.45) is 1.38. The number of nitrogens with zero attached hydrogens (tertiary/aromatic N) is 3. The number of halogens is 1.